The van der Waals surface area contributed by atoms with Crippen LogP contribution in [0.5, 0.6) is 17.2 Å². The van der Waals surface area contributed by atoms with E-state index in [0.717, 1.165) is 48.5 Å². The lowest BCUT2D eigenvalue weighted by Gasteiger charge is -2.35. The molecule has 0 bridgehead atoms. The number of rotatable bonds is 11. The fourth-order valence-corrected chi connectivity index (χ4v) is 4.59. The summed E-state index contributed by atoms with van der Waals surface area (Å²) >= 11 is 0. The Bertz CT molecular complexity index is 914. The van der Waals surface area contributed by atoms with E-state index < -0.39 is 5.97 Å². The Labute approximate surface area is 190 Å². The molecule has 172 valence electrons. The van der Waals surface area contributed by atoms with Crippen LogP contribution in [0.25, 0.3) is 0 Å². The third kappa shape index (κ3) is 5.56. The molecule has 0 heterocycles. The van der Waals surface area contributed by atoms with Gasteiger partial charge in [-0.3, -0.25) is 4.79 Å². The molecule has 2 saturated carbocycles. The van der Waals surface area contributed by atoms with E-state index in [4.69, 9.17) is 14.2 Å². The molecule has 2 aliphatic rings. The van der Waals surface area contributed by atoms with Crippen molar-refractivity contribution in [3.05, 3.63) is 54.1 Å². The van der Waals surface area contributed by atoms with Crippen molar-refractivity contribution in [1.29, 1.82) is 0 Å². The van der Waals surface area contributed by atoms with Gasteiger partial charge in [0.25, 0.3) is 0 Å². The minimum absolute atomic E-state index is 0.0608. The van der Waals surface area contributed by atoms with Crippen molar-refractivity contribution >= 4 is 5.97 Å². The van der Waals surface area contributed by atoms with Gasteiger partial charge in [0.15, 0.2) is 11.5 Å². The van der Waals surface area contributed by atoms with Crippen LogP contribution < -0.4 is 14.2 Å². The van der Waals surface area contributed by atoms with Gasteiger partial charge >= 0.3 is 5.97 Å². The molecule has 2 aromatic rings. The first-order valence-corrected chi connectivity index (χ1v) is 11.8. The van der Waals surface area contributed by atoms with Crippen LogP contribution in [0.15, 0.2) is 48.5 Å². The van der Waals surface area contributed by atoms with Gasteiger partial charge in [0.05, 0.1) is 24.7 Å². The monoisotopic (exact) mass is 438 g/mol. The molecule has 5 nitrogen and oxygen atoms in total. The van der Waals surface area contributed by atoms with Crippen molar-refractivity contribution in [3.8, 4) is 17.2 Å². The lowest BCUT2D eigenvalue weighted by molar-refractivity contribution is -0.142. The quantitative estimate of drug-likeness (QED) is 0.471. The maximum atomic E-state index is 11.6. The van der Waals surface area contributed by atoms with Gasteiger partial charge in [-0.2, -0.15) is 0 Å². The largest absolute Gasteiger partial charge is 0.493 e. The zero-order valence-corrected chi connectivity index (χ0v) is 19.2. The van der Waals surface area contributed by atoms with Crippen LogP contribution in [0.2, 0.25) is 0 Å². The van der Waals surface area contributed by atoms with Crippen molar-refractivity contribution < 1.29 is 24.1 Å². The Balaban J connectivity index is 1.28. The Kier molecular flexibility index (Phi) is 6.92. The standard InChI is InChI=1S/C27H34O5/c1-17(2)31-24-9-4-5-10-25(24)32-23-13-19(14-23)16-30-22-8-6-7-21(15-22)26(20-11-12-20)18(3)27(28)29/h4-10,15,17-20,23,26H,11-14,16H2,1-3H3,(H,28,29). The molecule has 2 fully saturated rings. The minimum atomic E-state index is -0.728. The van der Waals surface area contributed by atoms with Gasteiger partial charge < -0.3 is 19.3 Å². The number of hydrogen-bond acceptors (Lipinski definition) is 4. The molecule has 0 aromatic heterocycles. The molecule has 2 atom stereocenters. The van der Waals surface area contributed by atoms with Gasteiger partial charge in [0, 0.05) is 0 Å². The predicted molar refractivity (Wildman–Crippen MR) is 124 cm³/mol. The second kappa shape index (κ2) is 9.85. The first-order valence-electron chi connectivity index (χ1n) is 11.8. The lowest BCUT2D eigenvalue weighted by atomic mass is 9.82. The Morgan fingerprint density at radius 2 is 1.75 bits per heavy atom. The first-order chi connectivity index (χ1) is 15.4. The molecule has 5 heteroatoms. The summed E-state index contributed by atoms with van der Waals surface area (Å²) in [5.74, 6) is 2.30. The molecule has 2 aliphatic carbocycles. The number of carbonyl (C=O) groups is 1. The predicted octanol–water partition coefficient (Wildman–Crippen LogP) is 5.92. The van der Waals surface area contributed by atoms with Crippen molar-refractivity contribution in [3.63, 3.8) is 0 Å². The summed E-state index contributed by atoms with van der Waals surface area (Å²) in [4.78, 5) is 11.6. The molecule has 0 radical (unpaired) electrons. The summed E-state index contributed by atoms with van der Waals surface area (Å²) in [5, 5.41) is 9.51. The molecule has 0 spiro atoms. The van der Waals surface area contributed by atoms with E-state index in [-0.39, 0.29) is 24.0 Å². The van der Waals surface area contributed by atoms with E-state index in [9.17, 15) is 9.90 Å². The fraction of sp³-hybridized carbons (Fsp3) is 0.519. The molecule has 2 aromatic carbocycles. The molecule has 4 rings (SSSR count). The van der Waals surface area contributed by atoms with E-state index >= 15 is 0 Å². The van der Waals surface area contributed by atoms with E-state index in [2.05, 4.69) is 0 Å². The molecule has 0 amide bonds. The van der Waals surface area contributed by atoms with Crippen LogP contribution in [0.4, 0.5) is 0 Å². The Hall–Kier alpha value is -2.69. The summed E-state index contributed by atoms with van der Waals surface area (Å²) in [6.45, 7) is 6.49. The molecule has 2 unspecified atom stereocenters. The smallest absolute Gasteiger partial charge is 0.306 e. The topological polar surface area (TPSA) is 65.0 Å². The zero-order valence-electron chi connectivity index (χ0n) is 19.2. The minimum Gasteiger partial charge on any atom is -0.493 e. The highest BCUT2D eigenvalue weighted by atomic mass is 16.5. The van der Waals surface area contributed by atoms with Crippen molar-refractivity contribution in [2.45, 2.75) is 64.6 Å². The highest BCUT2D eigenvalue weighted by molar-refractivity contribution is 5.71. The number of hydrogen-bond donors (Lipinski definition) is 1. The van der Waals surface area contributed by atoms with Crippen LogP contribution >= 0.6 is 0 Å². The van der Waals surface area contributed by atoms with Crippen LogP contribution in [-0.4, -0.2) is 29.9 Å². The number of carboxylic acids is 1. The number of aliphatic carboxylic acids is 1. The first kappa shape index (κ1) is 22.5. The lowest BCUT2D eigenvalue weighted by Crippen LogP contribution is -2.37. The maximum Gasteiger partial charge on any atom is 0.306 e. The average Bonchev–Trinajstić information content (AvgIpc) is 3.56. The van der Waals surface area contributed by atoms with Crippen molar-refractivity contribution in [1.82, 2.24) is 0 Å². The number of para-hydroxylation sites is 2. The van der Waals surface area contributed by atoms with Crippen molar-refractivity contribution in [2.24, 2.45) is 17.8 Å². The fourth-order valence-electron chi connectivity index (χ4n) is 4.59. The van der Waals surface area contributed by atoms with Crippen LogP contribution in [0, 0.1) is 17.8 Å². The average molecular weight is 439 g/mol. The third-order valence-corrected chi connectivity index (χ3v) is 6.48. The van der Waals surface area contributed by atoms with E-state index in [1.54, 1.807) is 0 Å². The summed E-state index contributed by atoms with van der Waals surface area (Å²) < 4.78 is 18.1. The maximum absolute atomic E-state index is 11.6. The second-order valence-corrected chi connectivity index (χ2v) is 9.56. The van der Waals surface area contributed by atoms with Crippen LogP contribution in [0.1, 0.15) is 57.9 Å². The Morgan fingerprint density at radius 3 is 2.41 bits per heavy atom. The molecular weight excluding hydrogens is 404 g/mol. The summed E-state index contributed by atoms with van der Waals surface area (Å²) in [6, 6.07) is 15.9. The van der Waals surface area contributed by atoms with E-state index in [1.807, 2.05) is 69.3 Å². The van der Waals surface area contributed by atoms with Gasteiger partial charge in [-0.15, -0.1) is 0 Å². The van der Waals surface area contributed by atoms with Gasteiger partial charge in [-0.1, -0.05) is 31.2 Å². The number of carboxylic acid groups (broad SMARTS) is 1. The highest BCUT2D eigenvalue weighted by Gasteiger charge is 2.39. The molecule has 32 heavy (non-hydrogen) atoms. The zero-order chi connectivity index (χ0) is 22.7. The SMILES string of the molecule is CC(C)Oc1ccccc1OC1CC(COc2cccc(C(C3CC3)C(C)C(=O)O)c2)C1. The van der Waals surface area contributed by atoms with Gasteiger partial charge in [-0.05, 0) is 87.1 Å². The highest BCUT2D eigenvalue weighted by Crippen LogP contribution is 2.47. The van der Waals surface area contributed by atoms with Crippen LogP contribution in [0.3, 0.4) is 0 Å². The molecule has 1 N–H and O–H groups in total. The Morgan fingerprint density at radius 1 is 1.03 bits per heavy atom. The summed E-state index contributed by atoms with van der Waals surface area (Å²) in [5.41, 5.74) is 1.08. The van der Waals surface area contributed by atoms with Gasteiger partial charge in [0.2, 0.25) is 0 Å². The van der Waals surface area contributed by atoms with Crippen molar-refractivity contribution in [2.75, 3.05) is 6.61 Å². The van der Waals surface area contributed by atoms with E-state index in [1.165, 1.54) is 0 Å². The van der Waals surface area contributed by atoms with Gasteiger partial charge in [0.1, 0.15) is 5.75 Å². The summed E-state index contributed by atoms with van der Waals surface area (Å²) in [6.07, 6.45) is 4.43. The van der Waals surface area contributed by atoms with Gasteiger partial charge in [-0.25, -0.2) is 0 Å². The summed E-state index contributed by atoms with van der Waals surface area (Å²) in [7, 11) is 0. The number of ether oxygens (including phenoxy) is 3. The van der Waals surface area contributed by atoms with E-state index in [0.29, 0.717) is 18.4 Å². The third-order valence-electron chi connectivity index (χ3n) is 6.48. The molecule has 0 aliphatic heterocycles. The second-order valence-electron chi connectivity index (χ2n) is 9.56. The molecular formula is C27H34O5. The molecule has 0 saturated heterocycles. The number of benzene rings is 2. The normalized spacial score (nSPS) is 22.0. The van der Waals surface area contributed by atoms with Crippen LogP contribution in [-0.2, 0) is 4.79 Å².